The van der Waals surface area contributed by atoms with Crippen LogP contribution in [0.1, 0.15) is 127 Å². The zero-order valence-corrected chi connectivity index (χ0v) is 22.9. The Hall–Kier alpha value is -1.24. The van der Waals surface area contributed by atoms with E-state index in [9.17, 15) is 22.0 Å². The molecule has 0 aromatic heterocycles. The molecule has 0 radical (unpaired) electrons. The summed E-state index contributed by atoms with van der Waals surface area (Å²) in [6.07, 6.45) is 6.89. The van der Waals surface area contributed by atoms with Crippen LogP contribution in [-0.2, 0) is 10.8 Å². The van der Waals surface area contributed by atoms with E-state index in [0.717, 1.165) is 77.2 Å². The summed E-state index contributed by atoms with van der Waals surface area (Å²) in [6, 6.07) is 2.33. The van der Waals surface area contributed by atoms with Crippen LogP contribution in [0.4, 0.5) is 26.3 Å². The van der Waals surface area contributed by atoms with Crippen molar-refractivity contribution in [3.8, 4) is 0 Å². The number of hydrogen-bond donors (Lipinski definition) is 0. The van der Waals surface area contributed by atoms with Gasteiger partial charge in [-0.05, 0) is 125 Å². The van der Waals surface area contributed by atoms with Gasteiger partial charge in [0.2, 0.25) is 5.92 Å². The summed E-state index contributed by atoms with van der Waals surface area (Å²) in [5.74, 6) is -3.93. The van der Waals surface area contributed by atoms with Crippen LogP contribution in [0.3, 0.4) is 0 Å². The Kier molecular flexibility index (Phi) is 9.79. The first-order valence-corrected chi connectivity index (χ1v) is 14.9. The molecule has 0 bridgehead atoms. The molecule has 3 fully saturated rings. The smallest absolute Gasteiger partial charge is 0.313 e. The fourth-order valence-corrected chi connectivity index (χ4v) is 7.60. The van der Waals surface area contributed by atoms with Crippen molar-refractivity contribution in [2.75, 3.05) is 0 Å². The number of rotatable bonds is 9. The van der Waals surface area contributed by atoms with Gasteiger partial charge in [0.25, 0.3) is 0 Å². The Bertz CT molecular complexity index is 888. The van der Waals surface area contributed by atoms with E-state index in [2.05, 4.69) is 6.92 Å². The lowest BCUT2D eigenvalue weighted by Crippen LogP contribution is -2.31. The normalized spacial score (nSPS) is 31.4. The number of alkyl halides is 4. The molecule has 216 valence electrons. The quantitative estimate of drug-likeness (QED) is 0.280. The molecule has 38 heavy (non-hydrogen) atoms. The minimum atomic E-state index is -3.87. The number of ether oxygens (including phenoxy) is 1. The first kappa shape index (κ1) is 29.7. The maximum atomic E-state index is 15.1. The van der Waals surface area contributed by atoms with Gasteiger partial charge in [0.15, 0.2) is 11.6 Å². The Labute approximate surface area is 224 Å². The molecular formula is C31H44F6O. The molecule has 3 aliphatic carbocycles. The number of halogens is 6. The minimum Gasteiger partial charge on any atom is -0.313 e. The van der Waals surface area contributed by atoms with Crippen LogP contribution in [0.2, 0.25) is 0 Å². The Morgan fingerprint density at radius 1 is 0.737 bits per heavy atom. The highest BCUT2D eigenvalue weighted by atomic mass is 19.3. The summed E-state index contributed by atoms with van der Waals surface area (Å²) in [5.41, 5.74) is -0.841. The summed E-state index contributed by atoms with van der Waals surface area (Å²) < 4.78 is 91.6. The molecule has 0 amide bonds. The number of hydrogen-bond acceptors (Lipinski definition) is 1. The van der Waals surface area contributed by atoms with Crippen LogP contribution in [0.15, 0.2) is 12.1 Å². The molecule has 0 saturated heterocycles. The molecule has 3 aliphatic rings. The van der Waals surface area contributed by atoms with Crippen molar-refractivity contribution in [3.05, 3.63) is 34.9 Å². The lowest BCUT2D eigenvalue weighted by atomic mass is 9.68. The van der Waals surface area contributed by atoms with Gasteiger partial charge in [-0.1, -0.05) is 25.8 Å². The fraction of sp³-hybridized carbons (Fsp3) is 0.806. The molecule has 4 rings (SSSR count). The van der Waals surface area contributed by atoms with Crippen LogP contribution in [0.5, 0.6) is 0 Å². The van der Waals surface area contributed by atoms with Gasteiger partial charge < -0.3 is 4.74 Å². The van der Waals surface area contributed by atoms with Crippen molar-refractivity contribution in [2.45, 2.75) is 134 Å². The highest BCUT2D eigenvalue weighted by molar-refractivity contribution is 5.31. The second-order valence-electron chi connectivity index (χ2n) is 12.6. The summed E-state index contributed by atoms with van der Waals surface area (Å²) in [6.45, 7) is 3.10. The molecule has 3 saturated carbocycles. The Morgan fingerprint density at radius 2 is 1.29 bits per heavy atom. The van der Waals surface area contributed by atoms with E-state index in [1.165, 1.54) is 6.07 Å². The average molecular weight is 547 g/mol. The molecule has 0 spiro atoms. The third-order valence-corrected chi connectivity index (χ3v) is 9.65. The van der Waals surface area contributed by atoms with Gasteiger partial charge in [0.1, 0.15) is 0 Å². The summed E-state index contributed by atoms with van der Waals surface area (Å²) in [4.78, 5) is 0. The maximum Gasteiger partial charge on any atom is 0.386 e. The van der Waals surface area contributed by atoms with Crippen LogP contribution in [0.25, 0.3) is 0 Å². The first-order chi connectivity index (χ1) is 18.0. The SMILES string of the molecule is CCCC1CCC(OC(F)(F)c2ccc(C3CCC(C4CCC(CC(C)(F)F)CC4)CC3)c(F)c2F)CC1. The summed E-state index contributed by atoms with van der Waals surface area (Å²) in [5, 5.41) is 0. The predicted molar refractivity (Wildman–Crippen MR) is 137 cm³/mol. The molecular weight excluding hydrogens is 502 g/mol. The summed E-state index contributed by atoms with van der Waals surface area (Å²) in [7, 11) is 0. The van der Waals surface area contributed by atoms with Gasteiger partial charge in [-0.2, -0.15) is 8.78 Å². The van der Waals surface area contributed by atoms with Gasteiger partial charge in [-0.15, -0.1) is 0 Å². The Morgan fingerprint density at radius 3 is 1.84 bits per heavy atom. The van der Waals surface area contributed by atoms with Crippen LogP contribution < -0.4 is 0 Å². The monoisotopic (exact) mass is 546 g/mol. The molecule has 0 heterocycles. The average Bonchev–Trinajstić information content (AvgIpc) is 2.86. The maximum absolute atomic E-state index is 15.1. The van der Waals surface area contributed by atoms with E-state index < -0.39 is 35.3 Å². The highest BCUT2D eigenvalue weighted by Crippen LogP contribution is 2.46. The largest absolute Gasteiger partial charge is 0.386 e. The van der Waals surface area contributed by atoms with Gasteiger partial charge in [0, 0.05) is 6.42 Å². The van der Waals surface area contributed by atoms with Crippen LogP contribution >= 0.6 is 0 Å². The third kappa shape index (κ3) is 7.48. The van der Waals surface area contributed by atoms with E-state index >= 15 is 4.39 Å². The van der Waals surface area contributed by atoms with Crippen molar-refractivity contribution in [1.82, 2.24) is 0 Å². The lowest BCUT2D eigenvalue weighted by molar-refractivity contribution is -0.279. The molecule has 0 N–H and O–H groups in total. The van der Waals surface area contributed by atoms with E-state index in [-0.39, 0.29) is 23.8 Å². The fourth-order valence-electron chi connectivity index (χ4n) is 7.60. The topological polar surface area (TPSA) is 9.23 Å². The predicted octanol–water partition coefficient (Wildman–Crippen LogP) is 10.5. The molecule has 0 aliphatic heterocycles. The third-order valence-electron chi connectivity index (χ3n) is 9.65. The van der Waals surface area contributed by atoms with E-state index in [1.54, 1.807) is 0 Å². The molecule has 1 aromatic carbocycles. The van der Waals surface area contributed by atoms with Gasteiger partial charge in [-0.25, -0.2) is 17.6 Å². The second kappa shape index (κ2) is 12.5. The highest BCUT2D eigenvalue weighted by Gasteiger charge is 2.42. The second-order valence-corrected chi connectivity index (χ2v) is 12.6. The molecule has 0 unspecified atom stereocenters. The molecule has 1 nitrogen and oxygen atoms in total. The Balaban J connectivity index is 1.31. The first-order valence-electron chi connectivity index (χ1n) is 14.9. The van der Waals surface area contributed by atoms with E-state index in [1.807, 2.05) is 0 Å². The zero-order valence-electron chi connectivity index (χ0n) is 22.9. The van der Waals surface area contributed by atoms with Crippen LogP contribution in [-0.4, -0.2) is 12.0 Å². The minimum absolute atomic E-state index is 0.0442. The number of benzene rings is 1. The lowest BCUT2D eigenvalue weighted by Gasteiger charge is -2.38. The zero-order chi connectivity index (χ0) is 27.5. The van der Waals surface area contributed by atoms with E-state index in [4.69, 9.17) is 4.74 Å². The van der Waals surface area contributed by atoms with Crippen molar-refractivity contribution in [1.29, 1.82) is 0 Å². The summed E-state index contributed by atoms with van der Waals surface area (Å²) >= 11 is 0. The van der Waals surface area contributed by atoms with Crippen molar-refractivity contribution in [3.63, 3.8) is 0 Å². The van der Waals surface area contributed by atoms with Gasteiger partial charge in [0.05, 0.1) is 11.7 Å². The van der Waals surface area contributed by atoms with Crippen LogP contribution in [0, 0.1) is 35.3 Å². The standard InChI is InChI=1S/C31H44F6O/c1-3-4-20-7-15-25(16-8-20)38-31(36,37)27-18-17-26(28(32)29(27)33)24-13-11-23(12-14-24)22-9-5-21(6-10-22)19-30(2,34)35/h17-18,20-25H,3-16,19H2,1-2H3. The van der Waals surface area contributed by atoms with Gasteiger partial charge in [-0.3, -0.25) is 0 Å². The van der Waals surface area contributed by atoms with E-state index in [0.29, 0.717) is 43.4 Å². The van der Waals surface area contributed by atoms with Crippen molar-refractivity contribution in [2.24, 2.45) is 23.7 Å². The molecule has 1 aromatic rings. The van der Waals surface area contributed by atoms with Crippen molar-refractivity contribution >= 4 is 0 Å². The molecule has 7 heteroatoms. The van der Waals surface area contributed by atoms with Crippen molar-refractivity contribution < 1.29 is 31.1 Å². The van der Waals surface area contributed by atoms with Gasteiger partial charge >= 0.3 is 6.11 Å². The molecule has 0 atom stereocenters.